The number of rotatable bonds is 4. The van der Waals surface area contributed by atoms with Crippen molar-refractivity contribution in [1.82, 2.24) is 10.2 Å². The van der Waals surface area contributed by atoms with Gasteiger partial charge in [-0.3, -0.25) is 0 Å². The van der Waals surface area contributed by atoms with E-state index in [1.54, 1.807) is 12.3 Å². The monoisotopic (exact) mass is 252 g/mol. The molecule has 0 bridgehead atoms. The van der Waals surface area contributed by atoms with Crippen molar-refractivity contribution >= 4 is 23.0 Å². The van der Waals surface area contributed by atoms with Gasteiger partial charge in [0.1, 0.15) is 4.99 Å². The molecule has 2 heterocycles. The topological polar surface area (TPSA) is 64.3 Å². The fraction of sp³-hybridized carbons (Fsp3) is 0.545. The van der Waals surface area contributed by atoms with Gasteiger partial charge in [-0.1, -0.05) is 12.2 Å². The average molecular weight is 252 g/mol. The molecule has 0 amide bonds. The minimum Gasteiger partial charge on any atom is -0.389 e. The molecule has 2 N–H and O–H groups in total. The van der Waals surface area contributed by atoms with Crippen LogP contribution >= 0.6 is 12.2 Å². The van der Waals surface area contributed by atoms with E-state index in [9.17, 15) is 0 Å². The molecule has 1 aromatic rings. The molecule has 92 valence electrons. The Morgan fingerprint density at radius 3 is 3.18 bits per heavy atom. The van der Waals surface area contributed by atoms with Gasteiger partial charge in [0.15, 0.2) is 5.82 Å². The van der Waals surface area contributed by atoms with Crippen molar-refractivity contribution in [3.05, 3.63) is 17.8 Å². The summed E-state index contributed by atoms with van der Waals surface area (Å²) in [5.41, 5.74) is 6.43. The minimum absolute atomic E-state index is 0.265. The van der Waals surface area contributed by atoms with Gasteiger partial charge in [0.25, 0.3) is 0 Å². The molecule has 5 nitrogen and oxygen atoms in total. The zero-order valence-electron chi connectivity index (χ0n) is 9.80. The molecular formula is C11H16N4OS. The Kier molecular flexibility index (Phi) is 3.86. The van der Waals surface area contributed by atoms with Crippen LogP contribution < -0.4 is 10.6 Å². The number of thiocarbonyl (C=S) groups is 1. The van der Waals surface area contributed by atoms with Crippen molar-refractivity contribution in [2.24, 2.45) is 5.73 Å². The lowest BCUT2D eigenvalue weighted by Crippen LogP contribution is -2.31. The Morgan fingerprint density at radius 2 is 2.53 bits per heavy atom. The van der Waals surface area contributed by atoms with Crippen LogP contribution in [0.4, 0.5) is 5.82 Å². The van der Waals surface area contributed by atoms with E-state index in [0.29, 0.717) is 4.99 Å². The van der Waals surface area contributed by atoms with Gasteiger partial charge in [-0.05, 0) is 18.9 Å². The first-order chi connectivity index (χ1) is 8.18. The van der Waals surface area contributed by atoms with Gasteiger partial charge in [-0.15, -0.1) is 5.10 Å². The largest absolute Gasteiger partial charge is 0.389 e. The summed E-state index contributed by atoms with van der Waals surface area (Å²) in [6.07, 6.45) is 4.08. The van der Waals surface area contributed by atoms with Crippen LogP contribution in [0.1, 0.15) is 18.4 Å². The Morgan fingerprint density at radius 1 is 1.71 bits per heavy atom. The summed E-state index contributed by atoms with van der Waals surface area (Å²) in [5, 5.41) is 7.97. The summed E-state index contributed by atoms with van der Waals surface area (Å²) >= 11 is 5.00. The van der Waals surface area contributed by atoms with Crippen LogP contribution in [0.3, 0.4) is 0 Å². The standard InChI is InChI=1S/C11H16N4OS/c1-15(7-8-3-2-6-16-8)11-9(10(12)17)4-5-13-14-11/h4-5,8H,2-3,6-7H2,1H3,(H2,12,17). The van der Waals surface area contributed by atoms with E-state index < -0.39 is 0 Å². The van der Waals surface area contributed by atoms with E-state index in [-0.39, 0.29) is 6.10 Å². The summed E-state index contributed by atoms with van der Waals surface area (Å²) < 4.78 is 5.59. The quantitative estimate of drug-likeness (QED) is 0.797. The number of likely N-dealkylation sites (N-methyl/N-ethyl adjacent to an activating group) is 1. The first-order valence-corrected chi connectivity index (χ1v) is 6.03. The highest BCUT2D eigenvalue weighted by molar-refractivity contribution is 7.80. The number of hydrogen-bond donors (Lipinski definition) is 1. The van der Waals surface area contributed by atoms with Crippen molar-refractivity contribution in [2.75, 3.05) is 25.1 Å². The molecule has 0 aromatic carbocycles. The summed E-state index contributed by atoms with van der Waals surface area (Å²) in [6, 6.07) is 1.79. The lowest BCUT2D eigenvalue weighted by molar-refractivity contribution is 0.116. The van der Waals surface area contributed by atoms with Gasteiger partial charge in [0.2, 0.25) is 0 Å². The van der Waals surface area contributed by atoms with E-state index in [2.05, 4.69) is 10.2 Å². The van der Waals surface area contributed by atoms with Gasteiger partial charge < -0.3 is 15.4 Å². The fourth-order valence-corrected chi connectivity index (χ4v) is 2.14. The van der Waals surface area contributed by atoms with Crippen molar-refractivity contribution in [3.8, 4) is 0 Å². The summed E-state index contributed by atoms with van der Waals surface area (Å²) in [4.78, 5) is 2.34. The number of anilines is 1. The lowest BCUT2D eigenvalue weighted by Gasteiger charge is -2.22. The molecule has 1 saturated heterocycles. The molecule has 0 spiro atoms. The number of nitrogens with two attached hydrogens (primary N) is 1. The Labute approximate surface area is 106 Å². The van der Waals surface area contributed by atoms with Crippen LogP contribution in [0, 0.1) is 0 Å². The van der Waals surface area contributed by atoms with Crippen LogP contribution in [0.25, 0.3) is 0 Å². The highest BCUT2D eigenvalue weighted by atomic mass is 32.1. The number of hydrogen-bond acceptors (Lipinski definition) is 5. The van der Waals surface area contributed by atoms with Gasteiger partial charge in [0.05, 0.1) is 17.9 Å². The zero-order chi connectivity index (χ0) is 12.3. The SMILES string of the molecule is CN(CC1CCCO1)c1nnccc1C(N)=S. The predicted molar refractivity (Wildman–Crippen MR) is 70.2 cm³/mol. The van der Waals surface area contributed by atoms with E-state index in [0.717, 1.165) is 37.4 Å². The second kappa shape index (κ2) is 5.37. The van der Waals surface area contributed by atoms with Crippen LogP contribution in [0.15, 0.2) is 12.3 Å². The second-order valence-electron chi connectivity index (χ2n) is 4.15. The normalized spacial score (nSPS) is 19.2. The molecule has 1 aliphatic rings. The molecule has 0 saturated carbocycles. The second-order valence-corrected chi connectivity index (χ2v) is 4.59. The molecule has 0 aliphatic carbocycles. The maximum Gasteiger partial charge on any atom is 0.161 e. The maximum atomic E-state index is 5.67. The van der Waals surface area contributed by atoms with Gasteiger partial charge in [-0.25, -0.2) is 0 Å². The van der Waals surface area contributed by atoms with E-state index in [1.807, 2.05) is 11.9 Å². The maximum absolute atomic E-state index is 5.67. The van der Waals surface area contributed by atoms with Crippen LogP contribution in [0.5, 0.6) is 0 Å². The lowest BCUT2D eigenvalue weighted by atomic mass is 10.2. The number of aromatic nitrogens is 2. The molecule has 17 heavy (non-hydrogen) atoms. The Bertz CT molecular complexity index is 406. The summed E-state index contributed by atoms with van der Waals surface area (Å²) in [7, 11) is 1.95. The van der Waals surface area contributed by atoms with Crippen molar-refractivity contribution in [1.29, 1.82) is 0 Å². The third-order valence-electron chi connectivity index (χ3n) is 2.83. The fourth-order valence-electron chi connectivity index (χ4n) is 1.98. The Hall–Kier alpha value is -1.27. The van der Waals surface area contributed by atoms with Crippen molar-refractivity contribution in [2.45, 2.75) is 18.9 Å². The van der Waals surface area contributed by atoms with Crippen LogP contribution in [-0.2, 0) is 4.74 Å². The highest BCUT2D eigenvalue weighted by Gasteiger charge is 2.20. The molecule has 6 heteroatoms. The number of nitrogens with zero attached hydrogens (tertiary/aromatic N) is 3. The van der Waals surface area contributed by atoms with Gasteiger partial charge in [0, 0.05) is 20.2 Å². The molecule has 2 rings (SSSR count). The first-order valence-electron chi connectivity index (χ1n) is 5.62. The van der Waals surface area contributed by atoms with E-state index >= 15 is 0 Å². The molecule has 0 radical (unpaired) electrons. The zero-order valence-corrected chi connectivity index (χ0v) is 10.6. The molecule has 1 aromatic heterocycles. The third kappa shape index (κ3) is 2.89. The summed E-state index contributed by atoms with van der Waals surface area (Å²) in [6.45, 7) is 1.63. The predicted octanol–water partition coefficient (Wildman–Crippen LogP) is 0.726. The molecule has 1 fully saturated rings. The minimum atomic E-state index is 0.265. The van der Waals surface area contributed by atoms with E-state index in [4.69, 9.17) is 22.7 Å². The molecule has 1 unspecified atom stereocenters. The van der Waals surface area contributed by atoms with E-state index in [1.165, 1.54) is 0 Å². The Balaban J connectivity index is 2.12. The third-order valence-corrected chi connectivity index (χ3v) is 3.05. The van der Waals surface area contributed by atoms with Gasteiger partial charge >= 0.3 is 0 Å². The highest BCUT2D eigenvalue weighted by Crippen LogP contribution is 2.18. The first kappa shape index (κ1) is 12.2. The van der Waals surface area contributed by atoms with Crippen LogP contribution in [-0.4, -0.2) is 41.5 Å². The average Bonchev–Trinajstić information content (AvgIpc) is 2.81. The smallest absolute Gasteiger partial charge is 0.161 e. The van der Waals surface area contributed by atoms with Crippen molar-refractivity contribution < 1.29 is 4.74 Å². The number of ether oxygens (including phenoxy) is 1. The summed E-state index contributed by atoms with van der Waals surface area (Å²) in [5.74, 6) is 0.718. The van der Waals surface area contributed by atoms with Crippen molar-refractivity contribution in [3.63, 3.8) is 0 Å². The molecular weight excluding hydrogens is 236 g/mol. The molecule has 1 aliphatic heterocycles. The van der Waals surface area contributed by atoms with Crippen LogP contribution in [0.2, 0.25) is 0 Å². The molecule has 1 atom stereocenters. The van der Waals surface area contributed by atoms with Gasteiger partial charge in [-0.2, -0.15) is 5.10 Å².